The molecule has 0 unspecified atom stereocenters. The number of hydrogen-bond acceptors (Lipinski definition) is 2. The van der Waals surface area contributed by atoms with E-state index >= 15 is 0 Å². The molecule has 0 aromatic carbocycles. The highest BCUT2D eigenvalue weighted by atomic mass is 79.9. The van der Waals surface area contributed by atoms with E-state index in [2.05, 4.69) is 15.9 Å². The molecule has 0 atom stereocenters. The summed E-state index contributed by atoms with van der Waals surface area (Å²) in [6.45, 7) is 0.648. The zero-order valence-electron chi connectivity index (χ0n) is 9.49. The highest BCUT2D eigenvalue weighted by molar-refractivity contribution is 9.10. The molecule has 0 N–H and O–H groups in total. The maximum Gasteiger partial charge on any atom is 0.265 e. The van der Waals surface area contributed by atoms with Gasteiger partial charge < -0.3 is 4.90 Å². The summed E-state index contributed by atoms with van der Waals surface area (Å²) < 4.78 is 0.894. The SMILES string of the molecule is O=C(c1sccc1Br)N(CCCl)C1CCCC1. The molecule has 1 heterocycles. The monoisotopic (exact) mass is 335 g/mol. The van der Waals surface area contributed by atoms with Gasteiger partial charge in [0.25, 0.3) is 5.91 Å². The van der Waals surface area contributed by atoms with Crippen molar-refractivity contribution in [1.29, 1.82) is 0 Å². The van der Waals surface area contributed by atoms with E-state index in [1.165, 1.54) is 24.2 Å². The van der Waals surface area contributed by atoms with E-state index in [0.717, 1.165) is 22.2 Å². The Morgan fingerprint density at radius 1 is 1.53 bits per heavy atom. The molecule has 0 aliphatic heterocycles. The Labute approximate surface area is 119 Å². The van der Waals surface area contributed by atoms with Gasteiger partial charge >= 0.3 is 0 Å². The normalized spacial score (nSPS) is 16.4. The molecule has 1 aromatic heterocycles. The molecule has 0 bridgehead atoms. The van der Waals surface area contributed by atoms with E-state index in [1.54, 1.807) is 0 Å². The molecule has 1 aliphatic carbocycles. The molecule has 1 saturated carbocycles. The number of halogens is 2. The van der Waals surface area contributed by atoms with E-state index in [-0.39, 0.29) is 5.91 Å². The molecule has 1 amide bonds. The molecular weight excluding hydrogens is 322 g/mol. The number of carbonyl (C=O) groups is 1. The smallest absolute Gasteiger partial charge is 0.265 e. The van der Waals surface area contributed by atoms with Crippen LogP contribution in [0.4, 0.5) is 0 Å². The van der Waals surface area contributed by atoms with Crippen molar-refractivity contribution in [1.82, 2.24) is 4.90 Å². The minimum Gasteiger partial charge on any atom is -0.334 e. The van der Waals surface area contributed by atoms with Crippen LogP contribution in [-0.4, -0.2) is 29.3 Å². The molecule has 5 heteroatoms. The molecular formula is C12H15BrClNOS. The Hall–Kier alpha value is -0.0600. The Balaban J connectivity index is 2.15. The quantitative estimate of drug-likeness (QED) is 0.757. The maximum atomic E-state index is 12.5. The lowest BCUT2D eigenvalue weighted by Crippen LogP contribution is -2.39. The summed E-state index contributed by atoms with van der Waals surface area (Å²) in [4.78, 5) is 15.2. The molecule has 1 aliphatic rings. The number of rotatable bonds is 4. The van der Waals surface area contributed by atoms with Gasteiger partial charge in [0, 0.05) is 22.9 Å². The molecule has 0 spiro atoms. The third kappa shape index (κ3) is 3.04. The van der Waals surface area contributed by atoms with Gasteiger partial charge in [-0.15, -0.1) is 22.9 Å². The molecule has 0 radical (unpaired) electrons. The van der Waals surface area contributed by atoms with Crippen molar-refractivity contribution in [3.8, 4) is 0 Å². The van der Waals surface area contributed by atoms with Crippen LogP contribution in [0.25, 0.3) is 0 Å². The summed E-state index contributed by atoms with van der Waals surface area (Å²) in [5.41, 5.74) is 0. The average Bonchev–Trinajstić information content (AvgIpc) is 2.95. The van der Waals surface area contributed by atoms with Crippen molar-refractivity contribution in [3.63, 3.8) is 0 Å². The fourth-order valence-corrected chi connectivity index (χ4v) is 4.01. The van der Waals surface area contributed by atoms with Crippen molar-refractivity contribution in [2.45, 2.75) is 31.7 Å². The van der Waals surface area contributed by atoms with Crippen LogP contribution in [-0.2, 0) is 0 Å². The number of hydrogen-bond donors (Lipinski definition) is 0. The lowest BCUT2D eigenvalue weighted by atomic mass is 10.2. The highest BCUT2D eigenvalue weighted by Gasteiger charge is 2.28. The van der Waals surface area contributed by atoms with E-state index in [1.807, 2.05) is 16.3 Å². The minimum absolute atomic E-state index is 0.124. The summed E-state index contributed by atoms with van der Waals surface area (Å²) in [6, 6.07) is 2.31. The minimum atomic E-state index is 0.124. The molecule has 2 rings (SSSR count). The van der Waals surface area contributed by atoms with E-state index < -0.39 is 0 Å². The van der Waals surface area contributed by atoms with Crippen molar-refractivity contribution < 1.29 is 4.79 Å². The third-order valence-corrected chi connectivity index (χ3v) is 5.16. The predicted molar refractivity (Wildman–Crippen MR) is 76.0 cm³/mol. The zero-order valence-corrected chi connectivity index (χ0v) is 12.7. The Morgan fingerprint density at radius 2 is 2.24 bits per heavy atom. The number of nitrogens with zero attached hydrogens (tertiary/aromatic N) is 1. The van der Waals surface area contributed by atoms with Gasteiger partial charge in [0.2, 0.25) is 0 Å². The van der Waals surface area contributed by atoms with Crippen LogP contribution in [0, 0.1) is 0 Å². The first kappa shape index (κ1) is 13.4. The van der Waals surface area contributed by atoms with Gasteiger partial charge in [-0.2, -0.15) is 0 Å². The van der Waals surface area contributed by atoms with E-state index in [4.69, 9.17) is 11.6 Å². The van der Waals surface area contributed by atoms with Crippen LogP contribution in [0.15, 0.2) is 15.9 Å². The lowest BCUT2D eigenvalue weighted by molar-refractivity contribution is 0.0699. The number of carbonyl (C=O) groups excluding carboxylic acids is 1. The Bertz CT molecular complexity index is 390. The van der Waals surface area contributed by atoms with Crippen LogP contribution in [0.1, 0.15) is 35.4 Å². The second-order valence-electron chi connectivity index (χ2n) is 4.22. The average molecular weight is 337 g/mol. The number of amides is 1. The second-order valence-corrected chi connectivity index (χ2v) is 6.37. The summed E-state index contributed by atoms with van der Waals surface area (Å²) in [7, 11) is 0. The van der Waals surface area contributed by atoms with Crippen molar-refractivity contribution in [2.75, 3.05) is 12.4 Å². The van der Waals surface area contributed by atoms with Gasteiger partial charge in [-0.1, -0.05) is 12.8 Å². The largest absolute Gasteiger partial charge is 0.334 e. The summed E-state index contributed by atoms with van der Waals surface area (Å²) in [6.07, 6.45) is 4.68. The number of alkyl halides is 1. The fourth-order valence-electron chi connectivity index (χ4n) is 2.33. The van der Waals surface area contributed by atoms with Crippen molar-refractivity contribution >= 4 is 44.8 Å². The van der Waals surface area contributed by atoms with Gasteiger partial charge in [-0.25, -0.2) is 0 Å². The van der Waals surface area contributed by atoms with Crippen LogP contribution < -0.4 is 0 Å². The first-order chi connectivity index (χ1) is 8.24. The third-order valence-electron chi connectivity index (χ3n) is 3.16. The molecule has 0 saturated heterocycles. The van der Waals surface area contributed by atoms with Gasteiger partial charge in [-0.3, -0.25) is 4.79 Å². The molecule has 1 fully saturated rings. The van der Waals surface area contributed by atoms with Crippen LogP contribution in [0.3, 0.4) is 0 Å². The lowest BCUT2D eigenvalue weighted by Gasteiger charge is -2.28. The van der Waals surface area contributed by atoms with Crippen LogP contribution in [0.5, 0.6) is 0 Å². The van der Waals surface area contributed by atoms with Gasteiger partial charge in [0.1, 0.15) is 4.88 Å². The Morgan fingerprint density at radius 3 is 2.76 bits per heavy atom. The summed E-state index contributed by atoms with van der Waals surface area (Å²) in [5.74, 6) is 0.630. The van der Waals surface area contributed by atoms with E-state index in [0.29, 0.717) is 18.5 Å². The summed E-state index contributed by atoms with van der Waals surface area (Å²) >= 11 is 10.7. The second kappa shape index (κ2) is 6.21. The first-order valence-electron chi connectivity index (χ1n) is 5.84. The van der Waals surface area contributed by atoms with Gasteiger partial charge in [0.05, 0.1) is 0 Å². The van der Waals surface area contributed by atoms with Crippen molar-refractivity contribution in [2.24, 2.45) is 0 Å². The first-order valence-corrected chi connectivity index (χ1v) is 8.04. The Kier molecular flexibility index (Phi) is 4.88. The fraction of sp³-hybridized carbons (Fsp3) is 0.583. The topological polar surface area (TPSA) is 20.3 Å². The molecule has 17 heavy (non-hydrogen) atoms. The van der Waals surface area contributed by atoms with Crippen molar-refractivity contribution in [3.05, 3.63) is 20.8 Å². The van der Waals surface area contributed by atoms with Gasteiger partial charge in [0.15, 0.2) is 0 Å². The maximum absolute atomic E-state index is 12.5. The molecule has 2 nitrogen and oxygen atoms in total. The van der Waals surface area contributed by atoms with E-state index in [9.17, 15) is 4.79 Å². The molecule has 1 aromatic rings. The standard InChI is InChI=1S/C12H15BrClNOS/c13-10-5-8-17-11(10)12(16)15(7-6-14)9-3-1-2-4-9/h5,8-9H,1-4,6-7H2. The number of thiophene rings is 1. The highest BCUT2D eigenvalue weighted by Crippen LogP contribution is 2.29. The zero-order chi connectivity index (χ0) is 12.3. The molecule has 94 valence electrons. The van der Waals surface area contributed by atoms with Gasteiger partial charge in [-0.05, 0) is 40.2 Å². The van der Waals surface area contributed by atoms with Crippen LogP contribution in [0.2, 0.25) is 0 Å². The van der Waals surface area contributed by atoms with Crippen LogP contribution >= 0.6 is 38.9 Å². The predicted octanol–water partition coefficient (Wildman–Crippen LogP) is 4.13. The summed E-state index contributed by atoms with van der Waals surface area (Å²) in [5, 5.41) is 1.94.